The van der Waals surface area contributed by atoms with Gasteiger partial charge in [0.05, 0.1) is 0 Å². The SMILES string of the molecule is CC(N[C@@H]1CCC[C@@H]1F)C1CC1(C)C. The van der Waals surface area contributed by atoms with E-state index in [1.165, 1.54) is 6.42 Å². The summed E-state index contributed by atoms with van der Waals surface area (Å²) in [5.41, 5.74) is 0.497. The molecule has 1 N–H and O–H groups in total. The van der Waals surface area contributed by atoms with Gasteiger partial charge in [0.2, 0.25) is 0 Å². The van der Waals surface area contributed by atoms with Gasteiger partial charge in [-0.05, 0) is 43.9 Å². The lowest BCUT2D eigenvalue weighted by Crippen LogP contribution is -2.41. The Balaban J connectivity index is 1.80. The third-order valence-corrected chi connectivity index (χ3v) is 4.10. The van der Waals surface area contributed by atoms with Crippen LogP contribution < -0.4 is 5.32 Å². The summed E-state index contributed by atoms with van der Waals surface area (Å²) in [7, 11) is 0. The number of nitrogens with one attached hydrogen (secondary N) is 1. The maximum absolute atomic E-state index is 13.4. The molecule has 2 heteroatoms. The highest BCUT2D eigenvalue weighted by atomic mass is 19.1. The average Bonchev–Trinajstić information content (AvgIpc) is 2.54. The zero-order chi connectivity index (χ0) is 10.3. The molecule has 0 spiro atoms. The van der Waals surface area contributed by atoms with E-state index in [9.17, 15) is 4.39 Å². The molecule has 2 aliphatic carbocycles. The smallest absolute Gasteiger partial charge is 0.115 e. The molecule has 0 saturated heterocycles. The molecule has 2 rings (SSSR count). The van der Waals surface area contributed by atoms with E-state index in [1.54, 1.807) is 0 Å². The minimum Gasteiger partial charge on any atom is -0.308 e. The van der Waals surface area contributed by atoms with Crippen LogP contribution in [0.25, 0.3) is 0 Å². The van der Waals surface area contributed by atoms with Crippen molar-refractivity contribution in [2.75, 3.05) is 0 Å². The van der Waals surface area contributed by atoms with E-state index in [1.807, 2.05) is 0 Å². The van der Waals surface area contributed by atoms with Gasteiger partial charge in [0.25, 0.3) is 0 Å². The van der Waals surface area contributed by atoms with Crippen molar-refractivity contribution in [3.05, 3.63) is 0 Å². The van der Waals surface area contributed by atoms with Gasteiger partial charge in [0.1, 0.15) is 6.17 Å². The van der Waals surface area contributed by atoms with Crippen LogP contribution in [0.5, 0.6) is 0 Å². The first-order valence-corrected chi connectivity index (χ1v) is 5.91. The Morgan fingerprint density at radius 2 is 2.00 bits per heavy atom. The highest BCUT2D eigenvalue weighted by Gasteiger charge is 2.49. The molecular weight excluding hydrogens is 177 g/mol. The summed E-state index contributed by atoms with van der Waals surface area (Å²) in [6.45, 7) is 6.82. The van der Waals surface area contributed by atoms with Crippen LogP contribution in [-0.4, -0.2) is 18.3 Å². The van der Waals surface area contributed by atoms with Gasteiger partial charge in [-0.2, -0.15) is 0 Å². The van der Waals surface area contributed by atoms with Crippen LogP contribution in [0.3, 0.4) is 0 Å². The summed E-state index contributed by atoms with van der Waals surface area (Å²) in [6.07, 6.45) is 3.54. The van der Waals surface area contributed by atoms with Crippen molar-refractivity contribution in [1.29, 1.82) is 0 Å². The Labute approximate surface area is 86.5 Å². The van der Waals surface area contributed by atoms with Crippen molar-refractivity contribution in [2.45, 2.75) is 64.7 Å². The molecule has 2 saturated carbocycles. The zero-order valence-electron chi connectivity index (χ0n) is 9.52. The molecule has 4 atom stereocenters. The fourth-order valence-electron chi connectivity index (χ4n) is 2.92. The van der Waals surface area contributed by atoms with Gasteiger partial charge in [-0.3, -0.25) is 0 Å². The molecule has 0 heterocycles. The van der Waals surface area contributed by atoms with Gasteiger partial charge < -0.3 is 5.32 Å². The first-order chi connectivity index (χ1) is 6.50. The van der Waals surface area contributed by atoms with Gasteiger partial charge in [-0.1, -0.05) is 13.8 Å². The maximum atomic E-state index is 13.4. The van der Waals surface area contributed by atoms with Gasteiger partial charge >= 0.3 is 0 Å². The molecule has 1 nitrogen and oxygen atoms in total. The molecule has 2 fully saturated rings. The van der Waals surface area contributed by atoms with Gasteiger partial charge in [-0.15, -0.1) is 0 Å². The largest absolute Gasteiger partial charge is 0.308 e. The minimum absolute atomic E-state index is 0.140. The van der Waals surface area contributed by atoms with Crippen LogP contribution in [-0.2, 0) is 0 Å². The lowest BCUT2D eigenvalue weighted by Gasteiger charge is -2.22. The molecule has 0 aromatic rings. The molecule has 2 unspecified atom stereocenters. The predicted octanol–water partition coefficient (Wildman–Crippen LogP) is 2.90. The number of rotatable bonds is 3. The van der Waals surface area contributed by atoms with Gasteiger partial charge in [0, 0.05) is 12.1 Å². The standard InChI is InChI=1S/C12H22FN/c1-8(9-7-12(9,2)3)14-11-6-4-5-10(11)13/h8-11,14H,4-7H2,1-3H3/t8?,9?,10-,11+/m0/s1. The van der Waals surface area contributed by atoms with Crippen LogP contribution in [0.15, 0.2) is 0 Å². The second-order valence-electron chi connectivity index (χ2n) is 5.81. The van der Waals surface area contributed by atoms with E-state index in [-0.39, 0.29) is 6.04 Å². The second kappa shape index (κ2) is 3.48. The van der Waals surface area contributed by atoms with Crippen molar-refractivity contribution in [3.8, 4) is 0 Å². The monoisotopic (exact) mass is 199 g/mol. The molecule has 0 aromatic carbocycles. The number of hydrogen-bond donors (Lipinski definition) is 1. The van der Waals surface area contributed by atoms with E-state index in [0.717, 1.165) is 25.2 Å². The maximum Gasteiger partial charge on any atom is 0.115 e. The number of alkyl halides is 1. The van der Waals surface area contributed by atoms with Crippen molar-refractivity contribution >= 4 is 0 Å². The average molecular weight is 199 g/mol. The Morgan fingerprint density at radius 3 is 2.43 bits per heavy atom. The molecule has 0 aromatic heterocycles. The molecule has 0 aliphatic heterocycles. The molecule has 2 aliphatic rings. The highest BCUT2D eigenvalue weighted by Crippen LogP contribution is 2.53. The summed E-state index contributed by atoms with van der Waals surface area (Å²) < 4.78 is 13.4. The van der Waals surface area contributed by atoms with Crippen molar-refractivity contribution < 1.29 is 4.39 Å². The molecule has 0 amide bonds. The normalized spacial score (nSPS) is 42.4. The Hall–Kier alpha value is -0.110. The zero-order valence-corrected chi connectivity index (χ0v) is 9.52. The Kier molecular flexibility index (Phi) is 2.59. The van der Waals surface area contributed by atoms with Gasteiger partial charge in [0.15, 0.2) is 0 Å². The first-order valence-electron chi connectivity index (χ1n) is 5.91. The van der Waals surface area contributed by atoms with Crippen LogP contribution in [0.1, 0.15) is 46.5 Å². The summed E-state index contributed by atoms with van der Waals surface area (Å²) in [5.74, 6) is 0.760. The Morgan fingerprint density at radius 1 is 1.36 bits per heavy atom. The molecule has 14 heavy (non-hydrogen) atoms. The summed E-state index contributed by atoms with van der Waals surface area (Å²) in [5, 5.41) is 3.47. The number of hydrogen-bond acceptors (Lipinski definition) is 1. The fraction of sp³-hybridized carbons (Fsp3) is 1.00. The van der Waals surface area contributed by atoms with Crippen LogP contribution >= 0.6 is 0 Å². The summed E-state index contributed by atoms with van der Waals surface area (Å²) >= 11 is 0. The first kappa shape index (κ1) is 10.4. The van der Waals surface area contributed by atoms with E-state index < -0.39 is 6.17 Å². The van der Waals surface area contributed by atoms with E-state index in [2.05, 4.69) is 26.1 Å². The highest BCUT2D eigenvalue weighted by molar-refractivity contribution is 5.01. The Bertz CT molecular complexity index is 214. The van der Waals surface area contributed by atoms with Crippen molar-refractivity contribution in [3.63, 3.8) is 0 Å². The lowest BCUT2D eigenvalue weighted by molar-refractivity contribution is 0.255. The lowest BCUT2D eigenvalue weighted by atomic mass is 10.0. The topological polar surface area (TPSA) is 12.0 Å². The molecule has 82 valence electrons. The number of halogens is 1. The molecular formula is C12H22FN. The predicted molar refractivity (Wildman–Crippen MR) is 57.0 cm³/mol. The summed E-state index contributed by atoms with van der Waals surface area (Å²) in [6, 6.07) is 0.632. The van der Waals surface area contributed by atoms with Gasteiger partial charge in [-0.25, -0.2) is 4.39 Å². The minimum atomic E-state index is -0.598. The van der Waals surface area contributed by atoms with Crippen molar-refractivity contribution in [1.82, 2.24) is 5.32 Å². The van der Waals surface area contributed by atoms with Crippen LogP contribution in [0.4, 0.5) is 4.39 Å². The van der Waals surface area contributed by atoms with E-state index in [0.29, 0.717) is 11.5 Å². The molecule has 0 bridgehead atoms. The second-order valence-corrected chi connectivity index (χ2v) is 5.81. The third kappa shape index (κ3) is 1.95. The fourth-order valence-corrected chi connectivity index (χ4v) is 2.92. The quantitative estimate of drug-likeness (QED) is 0.737. The van der Waals surface area contributed by atoms with E-state index in [4.69, 9.17) is 0 Å². The van der Waals surface area contributed by atoms with Crippen LogP contribution in [0.2, 0.25) is 0 Å². The summed E-state index contributed by atoms with van der Waals surface area (Å²) in [4.78, 5) is 0. The van der Waals surface area contributed by atoms with E-state index >= 15 is 0 Å². The third-order valence-electron chi connectivity index (χ3n) is 4.10. The van der Waals surface area contributed by atoms with Crippen LogP contribution in [0, 0.1) is 11.3 Å². The molecule has 0 radical (unpaired) electrons. The van der Waals surface area contributed by atoms with Crippen molar-refractivity contribution in [2.24, 2.45) is 11.3 Å².